The van der Waals surface area contributed by atoms with E-state index in [9.17, 15) is 0 Å². The molecule has 120 valence electrons. The molecule has 1 aromatic heterocycles. The predicted octanol–water partition coefficient (Wildman–Crippen LogP) is 5.16. The van der Waals surface area contributed by atoms with Crippen LogP contribution in [-0.2, 0) is 11.3 Å². The van der Waals surface area contributed by atoms with E-state index in [0.29, 0.717) is 16.6 Å². The molecule has 5 heteroatoms. The zero-order valence-corrected chi connectivity index (χ0v) is 14.4. The minimum Gasteiger partial charge on any atom is -0.460 e. The number of hydrogen-bond donors (Lipinski definition) is 1. The molecule has 22 heavy (non-hydrogen) atoms. The quantitative estimate of drug-likeness (QED) is 0.673. The van der Waals surface area contributed by atoms with Crippen molar-refractivity contribution < 1.29 is 9.15 Å². The molecule has 0 spiro atoms. The van der Waals surface area contributed by atoms with Crippen molar-refractivity contribution >= 4 is 23.2 Å². The third-order valence-corrected chi connectivity index (χ3v) is 3.67. The molecule has 0 fully saturated rings. The smallest absolute Gasteiger partial charge is 0.135 e. The Morgan fingerprint density at radius 3 is 2.77 bits per heavy atom. The number of benzene rings is 1. The van der Waals surface area contributed by atoms with Gasteiger partial charge in [0.25, 0.3) is 0 Å². The zero-order chi connectivity index (χ0) is 15.9. The molecule has 0 atom stereocenters. The second-order valence-corrected chi connectivity index (χ2v) is 6.18. The number of rotatable bonds is 8. The molecule has 1 N–H and O–H groups in total. The van der Waals surface area contributed by atoms with E-state index >= 15 is 0 Å². The molecule has 0 radical (unpaired) electrons. The lowest BCUT2D eigenvalue weighted by atomic mass is 10.2. The largest absolute Gasteiger partial charge is 0.460 e. The fraction of sp³-hybridized carbons (Fsp3) is 0.412. The second-order valence-electron chi connectivity index (χ2n) is 5.34. The van der Waals surface area contributed by atoms with E-state index in [0.717, 1.165) is 36.7 Å². The van der Waals surface area contributed by atoms with Gasteiger partial charge in [0.15, 0.2) is 0 Å². The Balaban J connectivity index is 1.83. The van der Waals surface area contributed by atoms with E-state index in [4.69, 9.17) is 32.4 Å². The van der Waals surface area contributed by atoms with Crippen molar-refractivity contribution in [3.05, 3.63) is 46.1 Å². The van der Waals surface area contributed by atoms with E-state index in [1.165, 1.54) is 0 Å². The van der Waals surface area contributed by atoms with Gasteiger partial charge in [-0.3, -0.25) is 0 Å². The Labute approximate surface area is 141 Å². The Bertz CT molecular complexity index is 596. The first-order chi connectivity index (χ1) is 10.6. The highest BCUT2D eigenvalue weighted by atomic mass is 35.5. The number of nitrogens with one attached hydrogen (secondary N) is 1. The molecule has 2 rings (SSSR count). The fourth-order valence-electron chi connectivity index (χ4n) is 2.03. The number of halogens is 2. The lowest BCUT2D eigenvalue weighted by Gasteiger charge is -2.07. The lowest BCUT2D eigenvalue weighted by Crippen LogP contribution is -2.17. The van der Waals surface area contributed by atoms with Crippen LogP contribution in [0.5, 0.6) is 0 Å². The summed E-state index contributed by atoms with van der Waals surface area (Å²) in [5.74, 6) is 1.60. The summed E-state index contributed by atoms with van der Waals surface area (Å²) in [4.78, 5) is 0. The van der Waals surface area contributed by atoms with Crippen molar-refractivity contribution in [1.29, 1.82) is 0 Å². The van der Waals surface area contributed by atoms with Crippen molar-refractivity contribution in [2.75, 3.05) is 13.2 Å². The summed E-state index contributed by atoms with van der Waals surface area (Å²) in [6.45, 7) is 6.42. The molecule has 0 aliphatic rings. The van der Waals surface area contributed by atoms with Gasteiger partial charge in [-0.2, -0.15) is 0 Å². The SMILES string of the molecule is CC(C)OCCCNCc1ccc(-c2cc(Cl)ccc2Cl)o1. The van der Waals surface area contributed by atoms with Crippen molar-refractivity contribution in [3.8, 4) is 11.3 Å². The van der Waals surface area contributed by atoms with Gasteiger partial charge in [-0.25, -0.2) is 0 Å². The van der Waals surface area contributed by atoms with Crippen LogP contribution in [0, 0.1) is 0 Å². The highest BCUT2D eigenvalue weighted by Gasteiger charge is 2.09. The van der Waals surface area contributed by atoms with Crippen LogP contribution in [0.25, 0.3) is 11.3 Å². The van der Waals surface area contributed by atoms with Gasteiger partial charge in [-0.1, -0.05) is 23.2 Å². The summed E-state index contributed by atoms with van der Waals surface area (Å²) in [6, 6.07) is 9.20. The predicted molar refractivity (Wildman–Crippen MR) is 91.6 cm³/mol. The van der Waals surface area contributed by atoms with Crippen LogP contribution in [0.15, 0.2) is 34.7 Å². The average Bonchev–Trinajstić information content (AvgIpc) is 2.93. The topological polar surface area (TPSA) is 34.4 Å². The first-order valence-electron chi connectivity index (χ1n) is 7.42. The van der Waals surface area contributed by atoms with Gasteiger partial charge in [0.05, 0.1) is 17.7 Å². The van der Waals surface area contributed by atoms with E-state index < -0.39 is 0 Å². The maximum Gasteiger partial charge on any atom is 0.135 e. The van der Waals surface area contributed by atoms with Crippen LogP contribution in [0.4, 0.5) is 0 Å². The number of furan rings is 1. The first-order valence-corrected chi connectivity index (χ1v) is 8.18. The zero-order valence-electron chi connectivity index (χ0n) is 12.9. The van der Waals surface area contributed by atoms with Crippen molar-refractivity contribution in [3.63, 3.8) is 0 Å². The summed E-state index contributed by atoms with van der Waals surface area (Å²) < 4.78 is 11.3. The Kier molecular flexibility index (Phi) is 6.77. The molecule has 3 nitrogen and oxygen atoms in total. The highest BCUT2D eigenvalue weighted by molar-refractivity contribution is 6.35. The number of hydrogen-bond acceptors (Lipinski definition) is 3. The molecule has 0 aliphatic carbocycles. The standard InChI is InChI=1S/C17H21Cl2NO2/c1-12(2)21-9-3-8-20-11-14-5-7-17(22-14)15-10-13(18)4-6-16(15)19/h4-7,10,12,20H,3,8-9,11H2,1-2H3. The normalized spacial score (nSPS) is 11.3. The van der Waals surface area contributed by atoms with Gasteiger partial charge in [0.1, 0.15) is 11.5 Å². The van der Waals surface area contributed by atoms with Crippen molar-refractivity contribution in [2.45, 2.75) is 32.9 Å². The van der Waals surface area contributed by atoms with Gasteiger partial charge >= 0.3 is 0 Å². The number of ether oxygens (including phenoxy) is 1. The van der Waals surface area contributed by atoms with Gasteiger partial charge in [-0.05, 0) is 57.1 Å². The molecule has 1 heterocycles. The van der Waals surface area contributed by atoms with Crippen LogP contribution in [0.1, 0.15) is 26.0 Å². The second kappa shape index (κ2) is 8.59. The Morgan fingerprint density at radius 2 is 2.00 bits per heavy atom. The molecule has 0 saturated heterocycles. The molecule has 1 aromatic carbocycles. The van der Waals surface area contributed by atoms with Gasteiger partial charge in [-0.15, -0.1) is 0 Å². The van der Waals surface area contributed by atoms with E-state index in [2.05, 4.69) is 5.32 Å². The minimum absolute atomic E-state index is 0.287. The molecule has 0 bridgehead atoms. The van der Waals surface area contributed by atoms with E-state index in [1.807, 2.05) is 32.0 Å². The molecule has 0 aliphatic heterocycles. The van der Waals surface area contributed by atoms with Crippen LogP contribution in [0.2, 0.25) is 10.0 Å². The summed E-state index contributed by atoms with van der Waals surface area (Å²) in [5.41, 5.74) is 0.811. The van der Waals surface area contributed by atoms with Crippen LogP contribution in [-0.4, -0.2) is 19.3 Å². The third kappa shape index (κ3) is 5.33. The Hall–Kier alpha value is -1.00. The van der Waals surface area contributed by atoms with Crippen molar-refractivity contribution in [1.82, 2.24) is 5.32 Å². The minimum atomic E-state index is 0.287. The summed E-state index contributed by atoms with van der Waals surface area (Å²) in [5, 5.41) is 4.60. The lowest BCUT2D eigenvalue weighted by molar-refractivity contribution is 0.0770. The maximum atomic E-state index is 6.18. The molecular weight excluding hydrogens is 321 g/mol. The monoisotopic (exact) mass is 341 g/mol. The van der Waals surface area contributed by atoms with Crippen LogP contribution < -0.4 is 5.32 Å². The van der Waals surface area contributed by atoms with Crippen LogP contribution >= 0.6 is 23.2 Å². The van der Waals surface area contributed by atoms with Gasteiger partial charge in [0.2, 0.25) is 0 Å². The summed E-state index contributed by atoms with van der Waals surface area (Å²) in [7, 11) is 0. The highest BCUT2D eigenvalue weighted by Crippen LogP contribution is 2.31. The van der Waals surface area contributed by atoms with E-state index in [-0.39, 0.29) is 6.10 Å². The molecule has 2 aromatic rings. The fourth-order valence-corrected chi connectivity index (χ4v) is 2.41. The van der Waals surface area contributed by atoms with E-state index in [1.54, 1.807) is 12.1 Å². The molecule has 0 saturated carbocycles. The van der Waals surface area contributed by atoms with Gasteiger partial charge < -0.3 is 14.5 Å². The third-order valence-electron chi connectivity index (χ3n) is 3.10. The van der Waals surface area contributed by atoms with Crippen molar-refractivity contribution in [2.24, 2.45) is 0 Å². The molecular formula is C17H21Cl2NO2. The maximum absolute atomic E-state index is 6.18. The van der Waals surface area contributed by atoms with Gasteiger partial charge in [0, 0.05) is 17.2 Å². The average molecular weight is 342 g/mol. The Morgan fingerprint density at radius 1 is 1.18 bits per heavy atom. The van der Waals surface area contributed by atoms with Crippen LogP contribution in [0.3, 0.4) is 0 Å². The summed E-state index contributed by atoms with van der Waals surface area (Å²) >= 11 is 12.2. The molecule has 0 amide bonds. The molecule has 0 unspecified atom stereocenters. The first kappa shape index (κ1) is 17.4. The summed E-state index contributed by atoms with van der Waals surface area (Å²) in [6.07, 6.45) is 1.27.